The van der Waals surface area contributed by atoms with Gasteiger partial charge < -0.3 is 10.1 Å². The summed E-state index contributed by atoms with van der Waals surface area (Å²) in [5.74, 6) is 2.51. The van der Waals surface area contributed by atoms with Gasteiger partial charge in [0.05, 0.1) is 6.61 Å². The lowest BCUT2D eigenvalue weighted by Crippen LogP contribution is -2.23. The first kappa shape index (κ1) is 21.7. The Labute approximate surface area is 144 Å². The Morgan fingerprint density at radius 2 is 1.65 bits per heavy atom. The van der Waals surface area contributed by atoms with E-state index in [0.717, 1.165) is 49.3 Å². The summed E-state index contributed by atoms with van der Waals surface area (Å²) in [5.41, 5.74) is 1.07. The van der Waals surface area contributed by atoms with Crippen molar-refractivity contribution >= 4 is 6.08 Å². The summed E-state index contributed by atoms with van der Waals surface area (Å²) in [4.78, 5) is 0. The van der Waals surface area contributed by atoms with Crippen molar-refractivity contribution in [2.45, 2.75) is 53.9 Å². The normalized spacial score (nSPS) is 10.4. The Bertz CT molecular complexity index is 391. The van der Waals surface area contributed by atoms with Crippen molar-refractivity contribution in [3.8, 4) is 5.75 Å². The molecule has 0 aliphatic rings. The molecule has 1 rings (SSSR count). The van der Waals surface area contributed by atoms with Crippen LogP contribution >= 0.6 is 0 Å². The molecule has 0 fully saturated rings. The topological polar surface area (TPSA) is 21.3 Å². The number of unbranched alkanes of at least 4 members (excludes halogenated alkanes) is 2. The molecule has 1 N–H and O–H groups in total. The molecule has 0 bridgehead atoms. The maximum Gasteiger partial charge on any atom is 0.126 e. The summed E-state index contributed by atoms with van der Waals surface area (Å²) in [6.45, 7) is 18.0. The van der Waals surface area contributed by atoms with E-state index in [2.05, 4.69) is 46.5 Å². The van der Waals surface area contributed by atoms with Crippen molar-refractivity contribution in [2.75, 3.05) is 19.7 Å². The number of hydrogen-bond acceptors (Lipinski definition) is 2. The molecule has 0 saturated carbocycles. The fourth-order valence-corrected chi connectivity index (χ4v) is 1.98. The fourth-order valence-electron chi connectivity index (χ4n) is 1.98. The third-order valence-electron chi connectivity index (χ3n) is 3.25. The largest absolute Gasteiger partial charge is 0.493 e. The van der Waals surface area contributed by atoms with E-state index in [-0.39, 0.29) is 0 Å². The van der Waals surface area contributed by atoms with Gasteiger partial charge in [-0.05, 0) is 37.4 Å². The molecule has 0 spiro atoms. The summed E-state index contributed by atoms with van der Waals surface area (Å²) in [6, 6.07) is 7.99. The van der Waals surface area contributed by atoms with E-state index >= 15 is 0 Å². The molecular formula is C21H37NO. The average Bonchev–Trinajstić information content (AvgIpc) is 2.52. The second kappa shape index (κ2) is 14.3. The number of para-hydroxylation sites is 1. The van der Waals surface area contributed by atoms with Gasteiger partial charge >= 0.3 is 0 Å². The quantitative estimate of drug-likeness (QED) is 0.551. The third-order valence-corrected chi connectivity index (χ3v) is 3.25. The van der Waals surface area contributed by atoms with E-state index in [1.54, 1.807) is 0 Å². The van der Waals surface area contributed by atoms with Gasteiger partial charge in [0.15, 0.2) is 0 Å². The molecule has 1 aromatic rings. The minimum absolute atomic E-state index is 0.781. The van der Waals surface area contributed by atoms with Crippen molar-refractivity contribution in [2.24, 2.45) is 11.8 Å². The monoisotopic (exact) mass is 319 g/mol. The smallest absolute Gasteiger partial charge is 0.126 e. The molecule has 0 amide bonds. The Hall–Kier alpha value is -1.28. The van der Waals surface area contributed by atoms with Crippen LogP contribution in [0.1, 0.15) is 59.4 Å². The van der Waals surface area contributed by atoms with Crippen LogP contribution in [0.15, 0.2) is 30.8 Å². The summed E-state index contributed by atoms with van der Waals surface area (Å²) in [7, 11) is 0. The first-order valence-electron chi connectivity index (χ1n) is 9.06. The average molecular weight is 320 g/mol. The van der Waals surface area contributed by atoms with Gasteiger partial charge in [-0.25, -0.2) is 0 Å². The van der Waals surface area contributed by atoms with Crippen LogP contribution in [-0.2, 0) is 0 Å². The zero-order chi connectivity index (χ0) is 17.5. The van der Waals surface area contributed by atoms with Gasteiger partial charge in [-0.15, -0.1) is 0 Å². The van der Waals surface area contributed by atoms with Gasteiger partial charge in [-0.2, -0.15) is 0 Å². The molecule has 0 atom stereocenters. The Morgan fingerprint density at radius 3 is 2.17 bits per heavy atom. The summed E-state index contributed by atoms with van der Waals surface area (Å²) in [6.07, 6.45) is 5.42. The van der Waals surface area contributed by atoms with Gasteiger partial charge in [-0.1, -0.05) is 78.3 Å². The van der Waals surface area contributed by atoms with Gasteiger partial charge in [0.2, 0.25) is 0 Å². The zero-order valence-corrected chi connectivity index (χ0v) is 15.9. The number of hydrogen-bond donors (Lipinski definition) is 1. The molecule has 0 aliphatic carbocycles. The predicted octanol–water partition coefficient (Wildman–Crippen LogP) is 5.79. The van der Waals surface area contributed by atoms with Crippen LogP contribution in [0.5, 0.6) is 5.75 Å². The highest BCUT2D eigenvalue weighted by Gasteiger charge is 1.97. The first-order chi connectivity index (χ1) is 11.0. The van der Waals surface area contributed by atoms with Gasteiger partial charge in [-0.3, -0.25) is 0 Å². The van der Waals surface area contributed by atoms with Crippen LogP contribution in [0.3, 0.4) is 0 Å². The van der Waals surface area contributed by atoms with Crippen molar-refractivity contribution < 1.29 is 4.74 Å². The van der Waals surface area contributed by atoms with Gasteiger partial charge in [0.1, 0.15) is 5.75 Å². The number of rotatable bonds is 10. The molecule has 0 aromatic heterocycles. The molecule has 1 aromatic carbocycles. The van der Waals surface area contributed by atoms with Crippen molar-refractivity contribution in [3.63, 3.8) is 0 Å². The van der Waals surface area contributed by atoms with Gasteiger partial charge in [0.25, 0.3) is 0 Å². The number of nitrogens with one attached hydrogen (secondary N) is 1. The van der Waals surface area contributed by atoms with E-state index in [9.17, 15) is 0 Å². The Balaban J connectivity index is 0.000000468. The molecule has 2 heteroatoms. The minimum Gasteiger partial charge on any atom is -0.493 e. The number of benzene rings is 1. The molecule has 0 radical (unpaired) electrons. The van der Waals surface area contributed by atoms with Crippen molar-refractivity contribution in [1.82, 2.24) is 5.32 Å². The van der Waals surface area contributed by atoms with Gasteiger partial charge in [0, 0.05) is 5.56 Å². The molecule has 0 aliphatic heterocycles. The van der Waals surface area contributed by atoms with E-state index in [0.29, 0.717) is 0 Å². The summed E-state index contributed by atoms with van der Waals surface area (Å²) >= 11 is 0. The lowest BCUT2D eigenvalue weighted by atomic mass is 10.2. The minimum atomic E-state index is 0.781. The SMILES string of the molecule is C=Cc1ccccc1OCCCCC.CC(C)CNCC(C)C. The molecular weight excluding hydrogens is 282 g/mol. The van der Waals surface area contributed by atoms with Crippen LogP contribution in [0.2, 0.25) is 0 Å². The summed E-state index contributed by atoms with van der Waals surface area (Å²) < 4.78 is 5.66. The van der Waals surface area contributed by atoms with Crippen LogP contribution in [0, 0.1) is 11.8 Å². The Kier molecular flexibility index (Phi) is 13.5. The van der Waals surface area contributed by atoms with Crippen LogP contribution in [0.25, 0.3) is 6.08 Å². The maximum absolute atomic E-state index is 5.66. The van der Waals surface area contributed by atoms with E-state index in [4.69, 9.17) is 4.74 Å². The van der Waals surface area contributed by atoms with Crippen molar-refractivity contribution in [3.05, 3.63) is 36.4 Å². The predicted molar refractivity (Wildman–Crippen MR) is 104 cm³/mol. The molecule has 23 heavy (non-hydrogen) atoms. The number of ether oxygens (including phenoxy) is 1. The lowest BCUT2D eigenvalue weighted by molar-refractivity contribution is 0.305. The maximum atomic E-state index is 5.66. The highest BCUT2D eigenvalue weighted by Crippen LogP contribution is 2.18. The van der Waals surface area contributed by atoms with E-state index < -0.39 is 0 Å². The molecule has 132 valence electrons. The van der Waals surface area contributed by atoms with E-state index in [1.807, 2.05) is 30.3 Å². The van der Waals surface area contributed by atoms with Crippen molar-refractivity contribution in [1.29, 1.82) is 0 Å². The third kappa shape index (κ3) is 12.9. The molecule has 2 nitrogen and oxygen atoms in total. The molecule has 0 heterocycles. The Morgan fingerprint density at radius 1 is 1.04 bits per heavy atom. The highest BCUT2D eigenvalue weighted by molar-refractivity contribution is 5.55. The highest BCUT2D eigenvalue weighted by atomic mass is 16.5. The zero-order valence-electron chi connectivity index (χ0n) is 15.9. The first-order valence-corrected chi connectivity index (χ1v) is 9.06. The van der Waals surface area contributed by atoms with Crippen LogP contribution < -0.4 is 10.1 Å². The standard InChI is InChI=1S/C13H18O.C8H19N/c1-3-5-8-11-14-13-10-7-6-9-12(13)4-2;1-7(2)5-9-6-8(3)4/h4,6-7,9-10H,2-3,5,8,11H2,1H3;7-9H,5-6H2,1-4H3. The molecule has 0 unspecified atom stereocenters. The lowest BCUT2D eigenvalue weighted by Gasteiger charge is -2.08. The summed E-state index contributed by atoms with van der Waals surface area (Å²) in [5, 5.41) is 3.38. The second-order valence-electron chi connectivity index (χ2n) is 6.74. The van der Waals surface area contributed by atoms with Crippen LogP contribution in [0.4, 0.5) is 0 Å². The van der Waals surface area contributed by atoms with E-state index in [1.165, 1.54) is 12.8 Å². The fraction of sp³-hybridized carbons (Fsp3) is 0.619. The second-order valence-corrected chi connectivity index (χ2v) is 6.74. The molecule has 0 saturated heterocycles. The van der Waals surface area contributed by atoms with Crippen LogP contribution in [-0.4, -0.2) is 19.7 Å².